The van der Waals surface area contributed by atoms with E-state index in [1.165, 1.54) is 50.4 Å². The fourth-order valence-corrected chi connectivity index (χ4v) is 4.70. The summed E-state index contributed by atoms with van der Waals surface area (Å²) in [6.07, 6.45) is 9.43. The summed E-state index contributed by atoms with van der Waals surface area (Å²) < 4.78 is 6.00. The first kappa shape index (κ1) is 27.7. The van der Waals surface area contributed by atoms with Gasteiger partial charge in [-0.05, 0) is 69.4 Å². The maximum atomic E-state index is 13.6. The lowest BCUT2D eigenvalue weighted by Gasteiger charge is -2.21. The fraction of sp³-hybridized carbons (Fsp3) is 0.484. The van der Waals surface area contributed by atoms with Crippen molar-refractivity contribution in [1.29, 1.82) is 0 Å². The molecule has 0 aliphatic carbocycles. The number of rotatable bonds is 16. The molecule has 0 fully saturated rings. The van der Waals surface area contributed by atoms with Gasteiger partial charge in [-0.15, -0.1) is 0 Å². The lowest BCUT2D eigenvalue weighted by molar-refractivity contribution is 0.0699. The highest BCUT2D eigenvalue weighted by molar-refractivity contribution is 6.20. The van der Waals surface area contributed by atoms with Crippen LogP contribution < -0.4 is 0 Å². The summed E-state index contributed by atoms with van der Waals surface area (Å²) in [6, 6.07) is 12.7. The summed E-state index contributed by atoms with van der Waals surface area (Å²) >= 11 is 0. The first-order chi connectivity index (χ1) is 17.5. The first-order valence-electron chi connectivity index (χ1n) is 13.6. The smallest absolute Gasteiger partial charge is 0.336 e. The molecule has 3 rings (SSSR count). The van der Waals surface area contributed by atoms with E-state index in [-0.39, 0.29) is 11.3 Å². The zero-order valence-electron chi connectivity index (χ0n) is 22.1. The van der Waals surface area contributed by atoms with Crippen LogP contribution in [-0.2, 0) is 12.8 Å². The number of ketones is 1. The summed E-state index contributed by atoms with van der Waals surface area (Å²) in [7, 11) is 0. The standard InChI is InChI=1S/C31H41NO4/c1-4-7-14-27-29(28-25(31(34)35)13-10-15-26(28)36-27)30(33)24-18-16-23(17-19-24)12-11-22-32(20-8-5-2)21-9-6-3/h10,13,15-19H,4-9,11-12,14,20-22H2,1-3H3,(H,34,35). The number of unbranched alkanes of at least 4 members (excludes halogenated alkanes) is 3. The van der Waals surface area contributed by atoms with Crippen LogP contribution in [0.1, 0.15) is 103 Å². The van der Waals surface area contributed by atoms with Crippen molar-refractivity contribution in [1.82, 2.24) is 4.90 Å². The van der Waals surface area contributed by atoms with Crippen LogP contribution in [0.2, 0.25) is 0 Å². The molecule has 1 N–H and O–H groups in total. The number of furan rings is 1. The second kappa shape index (κ2) is 14.0. The lowest BCUT2D eigenvalue weighted by Crippen LogP contribution is -2.27. The zero-order valence-corrected chi connectivity index (χ0v) is 22.1. The molecule has 0 saturated carbocycles. The molecule has 0 unspecified atom stereocenters. The van der Waals surface area contributed by atoms with Gasteiger partial charge < -0.3 is 14.4 Å². The molecule has 0 spiro atoms. The van der Waals surface area contributed by atoms with Gasteiger partial charge >= 0.3 is 5.97 Å². The third-order valence-electron chi connectivity index (χ3n) is 6.81. The monoisotopic (exact) mass is 491 g/mol. The van der Waals surface area contributed by atoms with Crippen molar-refractivity contribution in [2.45, 2.75) is 78.6 Å². The zero-order chi connectivity index (χ0) is 25.9. The molecule has 0 atom stereocenters. The van der Waals surface area contributed by atoms with Gasteiger partial charge in [-0.25, -0.2) is 4.79 Å². The summed E-state index contributed by atoms with van der Waals surface area (Å²) in [6.45, 7) is 9.99. The van der Waals surface area contributed by atoms with Crippen LogP contribution >= 0.6 is 0 Å². The molecule has 0 saturated heterocycles. The Balaban J connectivity index is 1.77. The Hall–Kier alpha value is -2.92. The van der Waals surface area contributed by atoms with E-state index in [0.717, 1.165) is 32.2 Å². The average Bonchev–Trinajstić information content (AvgIpc) is 3.26. The number of nitrogens with zero attached hydrogens (tertiary/aromatic N) is 1. The third kappa shape index (κ3) is 7.07. The van der Waals surface area contributed by atoms with Gasteiger partial charge in [-0.1, -0.05) is 70.4 Å². The van der Waals surface area contributed by atoms with E-state index in [2.05, 4.69) is 25.7 Å². The summed E-state index contributed by atoms with van der Waals surface area (Å²) in [5.74, 6) is -0.654. The third-order valence-corrected chi connectivity index (χ3v) is 6.81. The number of hydrogen-bond acceptors (Lipinski definition) is 4. The molecular formula is C31H41NO4. The van der Waals surface area contributed by atoms with E-state index in [9.17, 15) is 14.7 Å². The van der Waals surface area contributed by atoms with Crippen LogP contribution in [0.4, 0.5) is 0 Å². The van der Waals surface area contributed by atoms with E-state index in [1.54, 1.807) is 12.1 Å². The molecule has 0 amide bonds. The molecule has 5 heteroatoms. The number of carboxylic acid groups (broad SMARTS) is 1. The Kier molecular flexibility index (Phi) is 10.7. The minimum Gasteiger partial charge on any atom is -0.478 e. The summed E-state index contributed by atoms with van der Waals surface area (Å²) in [4.78, 5) is 28.1. The van der Waals surface area contributed by atoms with Crippen LogP contribution in [0.3, 0.4) is 0 Å². The lowest BCUT2D eigenvalue weighted by atomic mass is 9.95. The predicted molar refractivity (Wildman–Crippen MR) is 146 cm³/mol. The average molecular weight is 492 g/mol. The van der Waals surface area contributed by atoms with Crippen molar-refractivity contribution >= 4 is 22.7 Å². The Labute approximate surface area is 215 Å². The van der Waals surface area contributed by atoms with Crippen molar-refractivity contribution in [2.24, 2.45) is 0 Å². The van der Waals surface area contributed by atoms with Gasteiger partial charge in [-0.2, -0.15) is 0 Å². The van der Waals surface area contributed by atoms with Gasteiger partial charge in [0.15, 0.2) is 5.78 Å². The topological polar surface area (TPSA) is 70.7 Å². The van der Waals surface area contributed by atoms with Crippen molar-refractivity contribution in [3.8, 4) is 0 Å². The number of benzene rings is 2. The maximum Gasteiger partial charge on any atom is 0.336 e. The number of aryl methyl sites for hydroxylation is 2. The SMILES string of the molecule is CCCCc1oc2cccc(C(=O)O)c2c1C(=O)c1ccc(CCCN(CCCC)CCCC)cc1. The Bertz CT molecular complexity index is 1120. The molecule has 0 bridgehead atoms. The van der Waals surface area contributed by atoms with Crippen molar-refractivity contribution in [3.05, 3.63) is 70.5 Å². The maximum absolute atomic E-state index is 13.6. The molecule has 0 aliphatic rings. The Morgan fingerprint density at radius 2 is 1.44 bits per heavy atom. The molecule has 1 aromatic heterocycles. The molecular weight excluding hydrogens is 450 g/mol. The number of carboxylic acids is 1. The minimum atomic E-state index is -1.06. The van der Waals surface area contributed by atoms with E-state index < -0.39 is 5.97 Å². The predicted octanol–water partition coefficient (Wildman–Crippen LogP) is 7.54. The minimum absolute atomic E-state index is 0.106. The summed E-state index contributed by atoms with van der Waals surface area (Å²) in [5.41, 5.74) is 2.73. The second-order valence-corrected chi connectivity index (χ2v) is 9.67. The highest BCUT2D eigenvalue weighted by Crippen LogP contribution is 2.32. The number of hydrogen-bond donors (Lipinski definition) is 1. The van der Waals surface area contributed by atoms with E-state index in [0.29, 0.717) is 34.3 Å². The van der Waals surface area contributed by atoms with Gasteiger partial charge in [0.2, 0.25) is 0 Å². The van der Waals surface area contributed by atoms with Crippen molar-refractivity contribution in [3.63, 3.8) is 0 Å². The van der Waals surface area contributed by atoms with E-state index in [4.69, 9.17) is 4.42 Å². The fourth-order valence-electron chi connectivity index (χ4n) is 4.70. The van der Waals surface area contributed by atoms with Gasteiger partial charge in [0.05, 0.1) is 11.1 Å². The molecule has 2 aromatic carbocycles. The second-order valence-electron chi connectivity index (χ2n) is 9.67. The Morgan fingerprint density at radius 3 is 2.06 bits per heavy atom. The highest BCUT2D eigenvalue weighted by Gasteiger charge is 2.25. The number of fused-ring (bicyclic) bond motifs is 1. The molecule has 5 nitrogen and oxygen atoms in total. The molecule has 0 aliphatic heterocycles. The van der Waals surface area contributed by atoms with Crippen molar-refractivity contribution < 1.29 is 19.1 Å². The van der Waals surface area contributed by atoms with Gasteiger partial charge in [0.25, 0.3) is 0 Å². The van der Waals surface area contributed by atoms with Crippen molar-refractivity contribution in [2.75, 3.05) is 19.6 Å². The number of carbonyl (C=O) groups is 2. The quantitative estimate of drug-likeness (QED) is 0.210. The molecule has 36 heavy (non-hydrogen) atoms. The number of aromatic carboxylic acids is 1. The van der Waals surface area contributed by atoms with Gasteiger partial charge in [0, 0.05) is 17.4 Å². The van der Waals surface area contributed by atoms with Crippen LogP contribution in [0.5, 0.6) is 0 Å². The van der Waals surface area contributed by atoms with Crippen LogP contribution in [0, 0.1) is 0 Å². The van der Waals surface area contributed by atoms with Crippen LogP contribution in [-0.4, -0.2) is 41.4 Å². The normalized spacial score (nSPS) is 11.4. The van der Waals surface area contributed by atoms with Gasteiger partial charge in [-0.3, -0.25) is 4.79 Å². The molecule has 1 heterocycles. The summed E-state index contributed by atoms with van der Waals surface area (Å²) in [5, 5.41) is 10.1. The van der Waals surface area contributed by atoms with E-state index in [1.807, 2.05) is 24.3 Å². The molecule has 3 aromatic rings. The highest BCUT2D eigenvalue weighted by atomic mass is 16.4. The largest absolute Gasteiger partial charge is 0.478 e. The van der Waals surface area contributed by atoms with Gasteiger partial charge in [0.1, 0.15) is 11.3 Å². The van der Waals surface area contributed by atoms with Crippen LogP contribution in [0.15, 0.2) is 46.9 Å². The van der Waals surface area contributed by atoms with E-state index >= 15 is 0 Å². The van der Waals surface area contributed by atoms with Crippen LogP contribution in [0.25, 0.3) is 11.0 Å². The first-order valence-corrected chi connectivity index (χ1v) is 13.6. The Morgan fingerprint density at radius 1 is 0.806 bits per heavy atom. The number of carbonyl (C=O) groups excluding carboxylic acids is 1. The molecule has 0 radical (unpaired) electrons. The molecule has 194 valence electrons.